The number of carbonyl (C=O) groups excluding carboxylic acids is 1. The number of hydrogen-bond donors (Lipinski definition) is 1. The second kappa shape index (κ2) is 7.93. The van der Waals surface area contributed by atoms with Gasteiger partial charge in [-0.2, -0.15) is 0 Å². The summed E-state index contributed by atoms with van der Waals surface area (Å²) in [5.41, 5.74) is 4.51. The molecule has 1 saturated heterocycles. The van der Waals surface area contributed by atoms with Crippen LogP contribution in [0, 0.1) is 0 Å². The number of para-hydroxylation sites is 3. The van der Waals surface area contributed by atoms with Crippen molar-refractivity contribution in [3.63, 3.8) is 0 Å². The van der Waals surface area contributed by atoms with Crippen LogP contribution in [-0.4, -0.2) is 49.2 Å². The van der Waals surface area contributed by atoms with E-state index in [9.17, 15) is 13.6 Å². The fourth-order valence-corrected chi connectivity index (χ4v) is 4.95. The number of carbonyl (C=O) groups is 1. The first-order valence-corrected chi connectivity index (χ1v) is 11.5. The Morgan fingerprint density at radius 1 is 1.06 bits per heavy atom. The molecule has 1 aliphatic heterocycles. The quantitative estimate of drug-likeness (QED) is 0.398. The van der Waals surface area contributed by atoms with Gasteiger partial charge < -0.3 is 5.32 Å². The maximum absolute atomic E-state index is 13.2. The van der Waals surface area contributed by atoms with E-state index in [0.717, 1.165) is 21.7 Å². The summed E-state index contributed by atoms with van der Waals surface area (Å²) in [6.07, 6.45) is 3.33. The number of thiazole rings is 1. The molecular weight excluding hydrogens is 458 g/mol. The van der Waals surface area contributed by atoms with E-state index in [4.69, 9.17) is 4.98 Å². The summed E-state index contributed by atoms with van der Waals surface area (Å²) in [4.78, 5) is 28.8. The normalized spacial score (nSPS) is 15.5. The van der Waals surface area contributed by atoms with Gasteiger partial charge >= 0.3 is 0 Å². The van der Waals surface area contributed by atoms with E-state index in [1.165, 1.54) is 17.5 Å². The fraction of sp³-hybridized carbons (Fsp3) is 0.167. The fourth-order valence-electron chi connectivity index (χ4n) is 4.09. The Hall–Kier alpha value is -3.76. The molecule has 7 nitrogen and oxygen atoms in total. The van der Waals surface area contributed by atoms with Gasteiger partial charge in [-0.05, 0) is 18.2 Å². The summed E-state index contributed by atoms with van der Waals surface area (Å²) in [6.45, 7) is -0.0126. The molecule has 0 radical (unpaired) electrons. The highest BCUT2D eigenvalue weighted by Crippen LogP contribution is 2.32. The van der Waals surface area contributed by atoms with Gasteiger partial charge in [-0.1, -0.05) is 30.3 Å². The Bertz CT molecular complexity index is 1540. The average molecular weight is 477 g/mol. The zero-order valence-corrected chi connectivity index (χ0v) is 18.6. The Kier molecular flexibility index (Phi) is 4.85. The Labute approximate surface area is 196 Å². The molecular formula is C24H18F2N6OS. The van der Waals surface area contributed by atoms with Gasteiger partial charge in [-0.3, -0.25) is 19.1 Å². The number of rotatable bonds is 5. The van der Waals surface area contributed by atoms with Crippen molar-refractivity contribution in [1.29, 1.82) is 0 Å². The minimum atomic E-state index is -2.60. The second-order valence-corrected chi connectivity index (χ2v) is 9.09. The van der Waals surface area contributed by atoms with Crippen LogP contribution in [0.1, 0.15) is 16.2 Å². The van der Waals surface area contributed by atoms with Gasteiger partial charge in [0.1, 0.15) is 5.69 Å². The highest BCUT2D eigenvalue weighted by molar-refractivity contribution is 7.15. The predicted molar refractivity (Wildman–Crippen MR) is 126 cm³/mol. The molecule has 34 heavy (non-hydrogen) atoms. The van der Waals surface area contributed by atoms with Crippen LogP contribution in [-0.2, 0) is 6.54 Å². The Morgan fingerprint density at radius 2 is 1.82 bits per heavy atom. The summed E-state index contributed by atoms with van der Waals surface area (Å²) in [5.74, 6) is -2.96. The maximum atomic E-state index is 13.2. The van der Waals surface area contributed by atoms with E-state index < -0.39 is 5.92 Å². The number of alkyl halides is 2. The number of halogens is 2. The van der Waals surface area contributed by atoms with Crippen molar-refractivity contribution in [2.75, 3.05) is 18.4 Å². The average Bonchev–Trinajstić information content (AvgIpc) is 3.40. The summed E-state index contributed by atoms with van der Waals surface area (Å²) in [7, 11) is 0. The lowest BCUT2D eigenvalue weighted by atomic mass is 10.1. The molecule has 0 saturated carbocycles. The van der Waals surface area contributed by atoms with Crippen LogP contribution in [0.25, 0.3) is 27.3 Å². The van der Waals surface area contributed by atoms with Gasteiger partial charge in [0.15, 0.2) is 4.96 Å². The molecule has 0 atom stereocenters. The van der Waals surface area contributed by atoms with Gasteiger partial charge in [0, 0.05) is 29.4 Å². The largest absolute Gasteiger partial charge is 0.320 e. The molecule has 4 heterocycles. The van der Waals surface area contributed by atoms with Crippen molar-refractivity contribution in [2.45, 2.75) is 12.5 Å². The van der Waals surface area contributed by atoms with Crippen LogP contribution in [0.15, 0.2) is 66.3 Å². The maximum Gasteiger partial charge on any atom is 0.275 e. The summed E-state index contributed by atoms with van der Waals surface area (Å²) >= 11 is 1.46. The smallest absolute Gasteiger partial charge is 0.275 e. The molecule has 1 N–H and O–H groups in total. The van der Waals surface area contributed by atoms with E-state index in [2.05, 4.69) is 15.3 Å². The topological polar surface area (TPSA) is 75.4 Å². The van der Waals surface area contributed by atoms with E-state index in [1.54, 1.807) is 11.0 Å². The molecule has 1 aliphatic rings. The molecule has 5 aromatic rings. The third-order valence-electron chi connectivity index (χ3n) is 5.71. The molecule has 1 amide bonds. The molecule has 3 aromatic heterocycles. The molecule has 0 unspecified atom stereocenters. The van der Waals surface area contributed by atoms with Gasteiger partial charge in [-0.15, -0.1) is 11.3 Å². The molecule has 0 aliphatic carbocycles. The third kappa shape index (κ3) is 3.80. The first kappa shape index (κ1) is 20.8. The van der Waals surface area contributed by atoms with Gasteiger partial charge in [0.25, 0.3) is 11.8 Å². The molecule has 0 spiro atoms. The third-order valence-corrected chi connectivity index (χ3v) is 6.60. The minimum Gasteiger partial charge on any atom is -0.320 e. The predicted octanol–water partition coefficient (Wildman–Crippen LogP) is 4.71. The Morgan fingerprint density at radius 3 is 2.65 bits per heavy atom. The van der Waals surface area contributed by atoms with E-state index >= 15 is 0 Å². The van der Waals surface area contributed by atoms with Crippen LogP contribution < -0.4 is 5.32 Å². The standard InChI is InChI=1S/C24H18F2N6OS/c25-24(26)13-31(14-24)10-15-12-34-23-30-21(11-32(15)23)16-5-1-2-6-17(16)29-22(33)20-9-27-18-7-3-4-8-19(18)28-20/h1-9,11-12H,10,13-14H2,(H,29,33). The second-order valence-electron chi connectivity index (χ2n) is 8.25. The number of hydrogen-bond acceptors (Lipinski definition) is 6. The number of nitrogens with zero attached hydrogens (tertiary/aromatic N) is 5. The first-order chi connectivity index (χ1) is 16.4. The number of imidazole rings is 1. The molecule has 0 bridgehead atoms. The summed E-state index contributed by atoms with van der Waals surface area (Å²) in [5, 5.41) is 4.86. The van der Waals surface area contributed by atoms with Crippen molar-refractivity contribution in [3.05, 3.63) is 77.7 Å². The van der Waals surface area contributed by atoms with E-state index in [-0.39, 0.29) is 24.7 Å². The first-order valence-electron chi connectivity index (χ1n) is 10.6. The molecule has 2 aromatic carbocycles. The van der Waals surface area contributed by atoms with Gasteiger partial charge in [0.05, 0.1) is 41.7 Å². The number of amides is 1. The zero-order valence-electron chi connectivity index (χ0n) is 17.8. The number of aromatic nitrogens is 4. The number of likely N-dealkylation sites (tertiary alicyclic amines) is 1. The van der Waals surface area contributed by atoms with Crippen LogP contribution in [0.5, 0.6) is 0 Å². The SMILES string of the molecule is O=C(Nc1ccccc1-c1cn2c(CN3CC(F)(F)C3)csc2n1)c1cnc2ccccc2n1. The van der Waals surface area contributed by atoms with Crippen molar-refractivity contribution in [3.8, 4) is 11.3 Å². The van der Waals surface area contributed by atoms with Crippen molar-refractivity contribution >= 4 is 38.9 Å². The zero-order chi connectivity index (χ0) is 23.3. The van der Waals surface area contributed by atoms with Crippen LogP contribution in [0.2, 0.25) is 0 Å². The van der Waals surface area contributed by atoms with Crippen LogP contribution >= 0.6 is 11.3 Å². The summed E-state index contributed by atoms with van der Waals surface area (Å²) < 4.78 is 28.3. The molecule has 6 rings (SSSR count). The molecule has 1 fully saturated rings. The van der Waals surface area contributed by atoms with Gasteiger partial charge in [0.2, 0.25) is 0 Å². The lowest BCUT2D eigenvalue weighted by Crippen LogP contribution is -2.55. The number of nitrogens with one attached hydrogen (secondary N) is 1. The lowest BCUT2D eigenvalue weighted by molar-refractivity contribution is -0.134. The highest BCUT2D eigenvalue weighted by atomic mass is 32.1. The van der Waals surface area contributed by atoms with E-state index in [1.807, 2.05) is 58.4 Å². The van der Waals surface area contributed by atoms with Gasteiger partial charge in [-0.25, -0.2) is 18.7 Å². The van der Waals surface area contributed by atoms with Crippen molar-refractivity contribution < 1.29 is 13.6 Å². The minimum absolute atomic E-state index is 0.216. The number of fused-ring (bicyclic) bond motifs is 2. The molecule has 10 heteroatoms. The summed E-state index contributed by atoms with van der Waals surface area (Å²) in [6, 6.07) is 14.8. The Balaban J connectivity index is 1.27. The number of benzene rings is 2. The number of anilines is 1. The van der Waals surface area contributed by atoms with Crippen molar-refractivity contribution in [2.24, 2.45) is 0 Å². The highest BCUT2D eigenvalue weighted by Gasteiger charge is 2.43. The van der Waals surface area contributed by atoms with Crippen LogP contribution in [0.4, 0.5) is 14.5 Å². The van der Waals surface area contributed by atoms with Crippen LogP contribution in [0.3, 0.4) is 0 Å². The van der Waals surface area contributed by atoms with Crippen molar-refractivity contribution in [1.82, 2.24) is 24.3 Å². The lowest BCUT2D eigenvalue weighted by Gasteiger charge is -2.38. The molecule has 170 valence electrons. The monoisotopic (exact) mass is 476 g/mol. The van der Waals surface area contributed by atoms with E-state index in [0.29, 0.717) is 23.4 Å².